The molecule has 0 bridgehead atoms. The molecular weight excluding hydrogens is 789 g/mol. The van der Waals surface area contributed by atoms with Crippen molar-refractivity contribution >= 4 is 13.7 Å². The minimum Gasteiger partial charge on any atom is -0.393 e. The molecule has 0 heterocycles. The molecule has 0 saturated heterocycles. The maximum atomic E-state index is 13.0. The van der Waals surface area contributed by atoms with Gasteiger partial charge >= 0.3 is 7.82 Å². The first-order valence-corrected chi connectivity index (χ1v) is 25.4. The average molecular weight is 878 g/mol. The summed E-state index contributed by atoms with van der Waals surface area (Å²) in [5.74, 6) is -0.601. The number of rotatable bonds is 39. The zero-order valence-corrected chi connectivity index (χ0v) is 38.3. The molecule has 1 aliphatic carbocycles. The second kappa shape index (κ2) is 36.2. The number of allylic oxidation sites excluding steroid dienone is 3. The second-order valence-corrected chi connectivity index (χ2v) is 18.5. The van der Waals surface area contributed by atoms with Gasteiger partial charge in [0.25, 0.3) is 0 Å². The van der Waals surface area contributed by atoms with Crippen molar-refractivity contribution in [3.63, 3.8) is 0 Å². The van der Waals surface area contributed by atoms with Gasteiger partial charge in [0.05, 0.1) is 31.3 Å². The summed E-state index contributed by atoms with van der Waals surface area (Å²) in [6.45, 7) is 3.73. The molecule has 0 radical (unpaired) electrons. The molecule has 1 aliphatic rings. The Bertz CT molecular complexity index is 1130. The van der Waals surface area contributed by atoms with Crippen molar-refractivity contribution in [2.24, 2.45) is 0 Å². The maximum Gasteiger partial charge on any atom is 0.472 e. The van der Waals surface area contributed by atoms with Crippen LogP contribution in [-0.4, -0.2) is 108 Å². The molecule has 1 saturated carbocycles. The summed E-state index contributed by atoms with van der Waals surface area (Å²) in [4.78, 5) is 23.4. The minimum atomic E-state index is -5.14. The van der Waals surface area contributed by atoms with Crippen LogP contribution in [0.4, 0.5) is 0 Å². The van der Waals surface area contributed by atoms with Gasteiger partial charge in [0, 0.05) is 0 Å². The molecule has 1 amide bonds. The summed E-state index contributed by atoms with van der Waals surface area (Å²) >= 11 is 0. The lowest BCUT2D eigenvalue weighted by Crippen LogP contribution is -2.64. The van der Waals surface area contributed by atoms with E-state index in [0.717, 1.165) is 51.4 Å². The molecule has 8 unspecified atom stereocenters. The lowest BCUT2D eigenvalue weighted by molar-refractivity contribution is -0.220. The fourth-order valence-electron chi connectivity index (χ4n) is 7.59. The third-order valence-corrected chi connectivity index (χ3v) is 12.5. The fourth-order valence-corrected chi connectivity index (χ4v) is 8.55. The number of phosphoric ester groups is 1. The van der Waals surface area contributed by atoms with Crippen LogP contribution in [0.5, 0.6) is 0 Å². The highest BCUT2D eigenvalue weighted by Crippen LogP contribution is 2.47. The molecule has 8 atom stereocenters. The number of hydrogen-bond acceptors (Lipinski definition) is 11. The highest BCUT2D eigenvalue weighted by molar-refractivity contribution is 7.47. The molecule has 9 N–H and O–H groups in total. The highest BCUT2D eigenvalue weighted by Gasteiger charge is 2.51. The molecule has 0 aromatic carbocycles. The first-order valence-electron chi connectivity index (χ1n) is 23.9. The van der Waals surface area contributed by atoms with Gasteiger partial charge in [-0.1, -0.05) is 173 Å². The van der Waals surface area contributed by atoms with Crippen LogP contribution < -0.4 is 5.32 Å². The first-order chi connectivity index (χ1) is 28.8. The summed E-state index contributed by atoms with van der Waals surface area (Å²) in [5, 5.41) is 74.4. The van der Waals surface area contributed by atoms with Crippen LogP contribution in [0.1, 0.15) is 200 Å². The Morgan fingerprint density at radius 3 is 1.42 bits per heavy atom. The van der Waals surface area contributed by atoms with Crippen LogP contribution in [0.15, 0.2) is 24.3 Å². The Hall–Kier alpha value is -1.22. The number of carbonyl (C=O) groups excluding carboxylic acids is 1. The van der Waals surface area contributed by atoms with Crippen LogP contribution in [0.25, 0.3) is 0 Å². The van der Waals surface area contributed by atoms with Gasteiger partial charge in [0.2, 0.25) is 5.91 Å². The van der Waals surface area contributed by atoms with Gasteiger partial charge in [-0.05, 0) is 44.9 Å². The van der Waals surface area contributed by atoms with E-state index in [-0.39, 0.29) is 6.42 Å². The van der Waals surface area contributed by atoms with Crippen molar-refractivity contribution in [3.8, 4) is 0 Å². The van der Waals surface area contributed by atoms with Crippen LogP contribution in [-0.2, 0) is 18.4 Å². The molecule has 60 heavy (non-hydrogen) atoms. The zero-order chi connectivity index (χ0) is 44.4. The van der Waals surface area contributed by atoms with Gasteiger partial charge in [-0.2, -0.15) is 0 Å². The quantitative estimate of drug-likeness (QED) is 0.0163. The van der Waals surface area contributed by atoms with Gasteiger partial charge in [-0.3, -0.25) is 13.8 Å². The minimum absolute atomic E-state index is 0.254. The zero-order valence-electron chi connectivity index (χ0n) is 37.4. The summed E-state index contributed by atoms with van der Waals surface area (Å²) in [6.07, 6.45) is 25.5. The standard InChI is InChI=1S/C46H88NO12P/c1-3-5-7-9-11-13-15-17-19-20-21-23-25-27-29-31-33-37(48)35-40(50)47-38(36-58-60(56,57)59-46-44(54)42(52)41(51)43(53)45(46)55)39(49)34-32-30-28-26-24-22-18-16-14-12-10-8-6-4-2/h21,23,32,34,37-39,41-46,48-49,51-55H,3-20,22,24-31,33,35-36H2,1-2H3,(H,47,50)(H,56,57)/b23-21-,34-32+. The Morgan fingerprint density at radius 2 is 0.967 bits per heavy atom. The molecule has 0 aliphatic heterocycles. The van der Waals surface area contributed by atoms with E-state index < -0.39 is 75.2 Å². The third-order valence-electron chi connectivity index (χ3n) is 11.5. The summed E-state index contributed by atoms with van der Waals surface area (Å²) in [6, 6.07) is -1.24. The predicted molar refractivity (Wildman–Crippen MR) is 238 cm³/mol. The summed E-state index contributed by atoms with van der Waals surface area (Å²) in [7, 11) is -5.14. The van der Waals surface area contributed by atoms with Gasteiger partial charge in [0.1, 0.15) is 36.6 Å². The smallest absolute Gasteiger partial charge is 0.393 e. The van der Waals surface area contributed by atoms with E-state index in [0.29, 0.717) is 12.8 Å². The van der Waals surface area contributed by atoms with Crippen LogP contribution in [0.2, 0.25) is 0 Å². The maximum absolute atomic E-state index is 13.0. The summed E-state index contributed by atoms with van der Waals surface area (Å²) in [5.41, 5.74) is 0. The molecule has 1 rings (SSSR count). The average Bonchev–Trinajstić information content (AvgIpc) is 3.22. The SMILES string of the molecule is CCCCCCCCCCC/C=C\CCCCCC(O)CC(=O)NC(COP(=O)(O)OC1C(O)C(O)C(O)C(O)C1O)C(O)/C=C/CCCCCCCCCCCCCC. The monoisotopic (exact) mass is 878 g/mol. The molecule has 0 aromatic heterocycles. The topological polar surface area (TPSA) is 226 Å². The van der Waals surface area contributed by atoms with Crippen molar-refractivity contribution in [2.75, 3.05) is 6.61 Å². The summed E-state index contributed by atoms with van der Waals surface area (Å²) < 4.78 is 22.9. The Kier molecular flexibility index (Phi) is 34.2. The lowest BCUT2D eigenvalue weighted by atomic mass is 9.85. The highest BCUT2D eigenvalue weighted by atomic mass is 31.2. The lowest BCUT2D eigenvalue weighted by Gasteiger charge is -2.41. The van der Waals surface area contributed by atoms with Gasteiger partial charge in [-0.25, -0.2) is 4.57 Å². The number of phosphoric acid groups is 1. The third kappa shape index (κ3) is 27.8. The molecule has 13 nitrogen and oxygen atoms in total. The largest absolute Gasteiger partial charge is 0.472 e. The van der Waals surface area contributed by atoms with Crippen LogP contribution >= 0.6 is 7.82 Å². The Morgan fingerprint density at radius 1 is 0.583 bits per heavy atom. The van der Waals surface area contributed by atoms with E-state index in [1.807, 2.05) is 0 Å². The molecule has 354 valence electrons. The molecule has 0 spiro atoms. The molecule has 0 aromatic rings. The molecule has 1 fully saturated rings. The van der Waals surface area contributed by atoms with Crippen molar-refractivity contribution in [1.82, 2.24) is 5.32 Å². The number of nitrogens with one attached hydrogen (secondary N) is 1. The van der Waals surface area contributed by atoms with Gasteiger partial charge in [-0.15, -0.1) is 0 Å². The van der Waals surface area contributed by atoms with E-state index in [9.17, 15) is 50.0 Å². The number of carbonyl (C=O) groups is 1. The molecular formula is C46H88NO12P. The Labute approximate surface area is 363 Å². The van der Waals surface area contributed by atoms with Crippen LogP contribution in [0.3, 0.4) is 0 Å². The molecule has 14 heteroatoms. The van der Waals surface area contributed by atoms with E-state index in [2.05, 4.69) is 31.3 Å². The number of hydrogen-bond donors (Lipinski definition) is 9. The van der Waals surface area contributed by atoms with Crippen molar-refractivity contribution in [1.29, 1.82) is 0 Å². The van der Waals surface area contributed by atoms with Gasteiger partial charge in [0.15, 0.2) is 0 Å². The van der Waals surface area contributed by atoms with E-state index in [4.69, 9.17) is 9.05 Å². The predicted octanol–water partition coefficient (Wildman–Crippen LogP) is 7.98. The van der Waals surface area contributed by atoms with Crippen molar-refractivity contribution < 1.29 is 59.0 Å². The van der Waals surface area contributed by atoms with E-state index >= 15 is 0 Å². The fraction of sp³-hybridized carbons (Fsp3) is 0.891. The number of aliphatic hydroxyl groups excluding tert-OH is 7. The number of unbranched alkanes of at least 4 members (excludes halogenated alkanes) is 24. The first kappa shape index (κ1) is 56.8. The second-order valence-electron chi connectivity index (χ2n) is 17.1. The normalized spacial score (nSPS) is 23.6. The van der Waals surface area contributed by atoms with Crippen LogP contribution in [0, 0.1) is 0 Å². The van der Waals surface area contributed by atoms with Crippen molar-refractivity contribution in [2.45, 2.75) is 255 Å². The van der Waals surface area contributed by atoms with E-state index in [1.165, 1.54) is 122 Å². The van der Waals surface area contributed by atoms with Gasteiger partial charge < -0.3 is 46.0 Å². The number of amides is 1. The Balaban J connectivity index is 2.55. The number of aliphatic hydroxyl groups is 7. The van der Waals surface area contributed by atoms with E-state index in [1.54, 1.807) is 6.08 Å². The van der Waals surface area contributed by atoms with Crippen molar-refractivity contribution in [3.05, 3.63) is 24.3 Å².